The predicted molar refractivity (Wildman–Crippen MR) is 102 cm³/mol. The zero-order chi connectivity index (χ0) is 18.1. The van der Waals surface area contributed by atoms with E-state index in [9.17, 15) is 4.79 Å². The maximum atomic E-state index is 12.5. The van der Waals surface area contributed by atoms with Crippen LogP contribution in [0.2, 0.25) is 0 Å². The minimum absolute atomic E-state index is 0.119. The van der Waals surface area contributed by atoms with Gasteiger partial charge >= 0.3 is 0 Å². The van der Waals surface area contributed by atoms with Crippen LogP contribution in [0.1, 0.15) is 29.3 Å². The molecule has 0 aliphatic carbocycles. The average molecular weight is 365 g/mol. The molecule has 0 fully saturated rings. The van der Waals surface area contributed by atoms with Gasteiger partial charge < -0.3 is 4.90 Å². The van der Waals surface area contributed by atoms with Gasteiger partial charge in [-0.25, -0.2) is 0 Å². The highest BCUT2D eigenvalue weighted by molar-refractivity contribution is 7.09. The Morgan fingerprint density at radius 3 is 2.88 bits per heavy atom. The highest BCUT2D eigenvalue weighted by atomic mass is 32.1. The van der Waals surface area contributed by atoms with Crippen molar-refractivity contribution >= 4 is 33.8 Å². The normalized spacial score (nSPS) is 11.3. The summed E-state index contributed by atoms with van der Waals surface area (Å²) in [5.74, 6) is 0.119. The topological polar surface area (TPSA) is 63.4 Å². The van der Waals surface area contributed by atoms with E-state index in [0.717, 1.165) is 22.0 Å². The average Bonchev–Trinajstić information content (AvgIpc) is 3.32. The fourth-order valence-electron chi connectivity index (χ4n) is 3.13. The molecule has 0 atom stereocenters. The molecule has 0 N–H and O–H groups in total. The molecule has 0 saturated carbocycles. The molecule has 1 amide bonds. The number of fused-ring (bicyclic) bond motifs is 3. The van der Waals surface area contributed by atoms with Gasteiger partial charge in [0.2, 0.25) is 5.91 Å². The van der Waals surface area contributed by atoms with Gasteiger partial charge in [0.1, 0.15) is 0 Å². The lowest BCUT2D eigenvalue weighted by atomic mass is 10.1. The van der Waals surface area contributed by atoms with Gasteiger partial charge in [-0.15, -0.1) is 16.4 Å². The summed E-state index contributed by atoms with van der Waals surface area (Å²) in [5, 5.41) is 15.3. The van der Waals surface area contributed by atoms with Crippen LogP contribution in [0.25, 0.3) is 16.6 Å². The summed E-state index contributed by atoms with van der Waals surface area (Å²) in [6.45, 7) is 5.02. The standard InChI is InChI=1S/C19H19N5OS/c1-3-18(25)23(12-16-5-4-8-26-16)11-15-10-14-7-6-13(2)9-17(14)24-19(15)20-21-22-24/h4-10H,3,11-12H2,1-2H3. The maximum Gasteiger partial charge on any atom is 0.222 e. The highest BCUT2D eigenvalue weighted by Gasteiger charge is 2.17. The molecule has 0 saturated heterocycles. The molecule has 0 aliphatic heterocycles. The molecule has 4 rings (SSSR count). The summed E-state index contributed by atoms with van der Waals surface area (Å²) in [6.07, 6.45) is 0.472. The fraction of sp³-hybridized carbons (Fsp3) is 0.263. The number of nitrogens with zero attached hydrogens (tertiary/aromatic N) is 5. The predicted octanol–water partition coefficient (Wildman–Crippen LogP) is 3.59. The van der Waals surface area contributed by atoms with E-state index in [1.165, 1.54) is 4.88 Å². The Hall–Kier alpha value is -2.80. The van der Waals surface area contributed by atoms with Gasteiger partial charge in [-0.2, -0.15) is 4.52 Å². The molecule has 7 heteroatoms. The van der Waals surface area contributed by atoms with E-state index in [4.69, 9.17) is 0 Å². The molecule has 0 aliphatic rings. The molecule has 3 heterocycles. The second kappa shape index (κ2) is 6.84. The van der Waals surface area contributed by atoms with Crippen molar-refractivity contribution in [2.75, 3.05) is 0 Å². The molecule has 0 unspecified atom stereocenters. The second-order valence-electron chi connectivity index (χ2n) is 6.33. The number of benzene rings is 1. The van der Waals surface area contributed by atoms with Crippen LogP contribution in [-0.2, 0) is 17.9 Å². The third-order valence-electron chi connectivity index (χ3n) is 4.44. The van der Waals surface area contributed by atoms with Crippen molar-refractivity contribution in [1.29, 1.82) is 0 Å². The first-order chi connectivity index (χ1) is 12.7. The SMILES string of the molecule is CCC(=O)N(Cc1cccs1)Cc1cc2ccc(C)cc2n2nnnc12. The van der Waals surface area contributed by atoms with Gasteiger partial charge in [0, 0.05) is 28.8 Å². The van der Waals surface area contributed by atoms with E-state index in [-0.39, 0.29) is 5.91 Å². The number of hydrogen-bond acceptors (Lipinski definition) is 5. The van der Waals surface area contributed by atoms with Crippen LogP contribution >= 0.6 is 11.3 Å². The van der Waals surface area contributed by atoms with Gasteiger partial charge in [0.15, 0.2) is 5.65 Å². The number of carbonyl (C=O) groups excluding carboxylic acids is 1. The molecule has 6 nitrogen and oxygen atoms in total. The summed E-state index contributed by atoms with van der Waals surface area (Å²) in [4.78, 5) is 15.5. The number of tetrazole rings is 1. The fourth-order valence-corrected chi connectivity index (χ4v) is 3.85. The quantitative estimate of drug-likeness (QED) is 0.542. The van der Waals surface area contributed by atoms with Crippen molar-refractivity contribution in [3.63, 3.8) is 0 Å². The van der Waals surface area contributed by atoms with Gasteiger partial charge in [-0.05, 0) is 46.5 Å². The lowest BCUT2D eigenvalue weighted by Gasteiger charge is -2.22. The molecular formula is C19H19N5OS. The van der Waals surface area contributed by atoms with E-state index >= 15 is 0 Å². The monoisotopic (exact) mass is 365 g/mol. The molecule has 132 valence electrons. The van der Waals surface area contributed by atoms with Crippen LogP contribution in [0.4, 0.5) is 0 Å². The van der Waals surface area contributed by atoms with Gasteiger partial charge in [0.25, 0.3) is 0 Å². The number of amides is 1. The van der Waals surface area contributed by atoms with Gasteiger partial charge in [0.05, 0.1) is 12.1 Å². The summed E-state index contributed by atoms with van der Waals surface area (Å²) in [7, 11) is 0. The number of pyridine rings is 1. The Morgan fingerprint density at radius 1 is 1.23 bits per heavy atom. The second-order valence-corrected chi connectivity index (χ2v) is 7.36. The Labute approximate surface area is 155 Å². The van der Waals surface area contributed by atoms with Crippen LogP contribution in [0.3, 0.4) is 0 Å². The van der Waals surface area contributed by atoms with E-state index in [1.807, 2.05) is 30.2 Å². The Kier molecular flexibility index (Phi) is 4.38. The minimum Gasteiger partial charge on any atom is -0.333 e. The molecule has 1 aromatic carbocycles. The molecule has 0 spiro atoms. The first-order valence-corrected chi connectivity index (χ1v) is 9.44. The number of rotatable bonds is 5. The Bertz CT molecular complexity index is 1070. The molecule has 26 heavy (non-hydrogen) atoms. The summed E-state index contributed by atoms with van der Waals surface area (Å²) < 4.78 is 1.76. The van der Waals surface area contributed by atoms with Gasteiger partial charge in [-0.3, -0.25) is 4.79 Å². The van der Waals surface area contributed by atoms with E-state index in [0.29, 0.717) is 25.2 Å². The van der Waals surface area contributed by atoms with Crippen molar-refractivity contribution in [2.45, 2.75) is 33.4 Å². The molecule has 0 bridgehead atoms. The number of aromatic nitrogens is 4. The van der Waals surface area contributed by atoms with Gasteiger partial charge in [-0.1, -0.05) is 25.1 Å². The highest BCUT2D eigenvalue weighted by Crippen LogP contribution is 2.23. The number of hydrogen-bond donors (Lipinski definition) is 0. The number of aryl methyl sites for hydroxylation is 1. The first-order valence-electron chi connectivity index (χ1n) is 8.56. The maximum absolute atomic E-state index is 12.5. The zero-order valence-corrected chi connectivity index (χ0v) is 15.5. The lowest BCUT2D eigenvalue weighted by Crippen LogP contribution is -2.29. The third-order valence-corrected chi connectivity index (χ3v) is 5.30. The van der Waals surface area contributed by atoms with Crippen molar-refractivity contribution in [3.05, 3.63) is 57.8 Å². The van der Waals surface area contributed by atoms with Crippen molar-refractivity contribution in [2.24, 2.45) is 0 Å². The first kappa shape index (κ1) is 16.7. The van der Waals surface area contributed by atoms with E-state index < -0.39 is 0 Å². The summed E-state index contributed by atoms with van der Waals surface area (Å²) in [6, 6.07) is 12.4. The number of thiophene rings is 1. The van der Waals surface area contributed by atoms with Crippen LogP contribution in [0.15, 0.2) is 41.8 Å². The van der Waals surface area contributed by atoms with Crippen LogP contribution < -0.4 is 0 Å². The molecule has 4 aromatic rings. The molecule has 3 aromatic heterocycles. The summed E-state index contributed by atoms with van der Waals surface area (Å²) in [5.41, 5.74) is 3.77. The minimum atomic E-state index is 0.119. The number of carbonyl (C=O) groups is 1. The zero-order valence-electron chi connectivity index (χ0n) is 14.7. The van der Waals surface area contributed by atoms with E-state index in [1.54, 1.807) is 15.9 Å². The van der Waals surface area contributed by atoms with E-state index in [2.05, 4.69) is 45.9 Å². The Balaban J connectivity index is 1.77. The van der Waals surface area contributed by atoms with Crippen LogP contribution in [0, 0.1) is 6.92 Å². The van der Waals surface area contributed by atoms with Crippen LogP contribution in [0.5, 0.6) is 0 Å². The van der Waals surface area contributed by atoms with Crippen molar-refractivity contribution in [3.8, 4) is 0 Å². The van der Waals surface area contributed by atoms with Crippen molar-refractivity contribution in [1.82, 2.24) is 24.9 Å². The summed E-state index contributed by atoms with van der Waals surface area (Å²) >= 11 is 1.66. The van der Waals surface area contributed by atoms with Crippen LogP contribution in [-0.4, -0.2) is 30.8 Å². The lowest BCUT2D eigenvalue weighted by molar-refractivity contribution is -0.132. The molecular weight excluding hydrogens is 346 g/mol. The largest absolute Gasteiger partial charge is 0.333 e. The molecule has 0 radical (unpaired) electrons. The third kappa shape index (κ3) is 3.06. The van der Waals surface area contributed by atoms with Crippen molar-refractivity contribution < 1.29 is 4.79 Å². The Morgan fingerprint density at radius 2 is 2.12 bits per heavy atom. The smallest absolute Gasteiger partial charge is 0.222 e.